The van der Waals surface area contributed by atoms with Crippen LogP contribution < -0.4 is 4.74 Å². The maximum absolute atomic E-state index is 6.38. The molecule has 0 aliphatic carbocycles. The van der Waals surface area contributed by atoms with Crippen molar-refractivity contribution in [2.24, 2.45) is 0 Å². The van der Waals surface area contributed by atoms with Gasteiger partial charge in [0.05, 0.1) is 49.5 Å². The molecule has 2 aliphatic rings. The van der Waals surface area contributed by atoms with Gasteiger partial charge in [-0.2, -0.15) is 0 Å². The van der Waals surface area contributed by atoms with Crippen LogP contribution in [0.1, 0.15) is 0 Å². The van der Waals surface area contributed by atoms with Gasteiger partial charge in [0, 0.05) is 23.2 Å². The summed E-state index contributed by atoms with van der Waals surface area (Å²) in [6, 6.07) is 16.7. The number of aromatic nitrogens is 2. The molecule has 136 valence electrons. The van der Waals surface area contributed by atoms with Gasteiger partial charge in [-0.1, -0.05) is 12.1 Å². The van der Waals surface area contributed by atoms with Crippen molar-refractivity contribution in [2.75, 3.05) is 13.2 Å². The average Bonchev–Trinajstić information content (AvgIpc) is 3.59. The number of rotatable bonds is 6. The molecule has 5 nitrogen and oxygen atoms in total. The molecule has 4 aromatic rings. The van der Waals surface area contributed by atoms with Crippen LogP contribution in [-0.4, -0.2) is 34.6 Å². The van der Waals surface area contributed by atoms with E-state index < -0.39 is 0 Å². The maximum atomic E-state index is 6.38. The number of hydrogen-bond acceptors (Lipinski definition) is 3. The van der Waals surface area contributed by atoms with Gasteiger partial charge in [0.15, 0.2) is 0 Å². The summed E-state index contributed by atoms with van der Waals surface area (Å²) in [4.78, 5) is 0. The highest BCUT2D eigenvalue weighted by Gasteiger charge is 2.24. The van der Waals surface area contributed by atoms with E-state index in [0.717, 1.165) is 48.6 Å². The highest BCUT2D eigenvalue weighted by molar-refractivity contribution is 5.89. The molecular formula is C22H20N2O3. The normalized spacial score (nSPS) is 21.0. The molecule has 0 bridgehead atoms. The minimum absolute atomic E-state index is 0.356. The zero-order chi connectivity index (χ0) is 17.8. The van der Waals surface area contributed by atoms with Crippen molar-refractivity contribution < 1.29 is 14.2 Å². The van der Waals surface area contributed by atoms with Crippen molar-refractivity contribution in [3.63, 3.8) is 0 Å². The summed E-state index contributed by atoms with van der Waals surface area (Å²) in [5.41, 5.74) is 2.36. The Morgan fingerprint density at radius 2 is 1.22 bits per heavy atom. The molecule has 2 aromatic heterocycles. The van der Waals surface area contributed by atoms with E-state index in [2.05, 4.69) is 57.9 Å². The highest BCUT2D eigenvalue weighted by Crippen LogP contribution is 2.35. The van der Waals surface area contributed by atoms with Crippen LogP contribution in [0, 0.1) is 0 Å². The third-order valence-electron chi connectivity index (χ3n) is 5.37. The number of benzene rings is 2. The molecule has 4 heterocycles. The summed E-state index contributed by atoms with van der Waals surface area (Å²) in [6.45, 7) is 3.52. The Labute approximate surface area is 156 Å². The topological polar surface area (TPSA) is 44.1 Å². The molecule has 5 heteroatoms. The van der Waals surface area contributed by atoms with Gasteiger partial charge in [-0.15, -0.1) is 0 Å². The number of ether oxygens (including phenoxy) is 3. The van der Waals surface area contributed by atoms with E-state index in [-0.39, 0.29) is 0 Å². The first-order valence-corrected chi connectivity index (χ1v) is 9.42. The minimum atomic E-state index is 0.356. The second-order valence-corrected chi connectivity index (χ2v) is 7.33. The van der Waals surface area contributed by atoms with E-state index in [0.29, 0.717) is 12.2 Å². The third-order valence-corrected chi connectivity index (χ3v) is 5.37. The van der Waals surface area contributed by atoms with Gasteiger partial charge < -0.3 is 23.3 Å². The van der Waals surface area contributed by atoms with Gasteiger partial charge in [-0.05, 0) is 36.4 Å². The smallest absolute Gasteiger partial charge is 0.136 e. The van der Waals surface area contributed by atoms with Crippen molar-refractivity contribution in [2.45, 2.75) is 25.3 Å². The molecule has 27 heavy (non-hydrogen) atoms. The Morgan fingerprint density at radius 3 is 1.67 bits per heavy atom. The van der Waals surface area contributed by atoms with Gasteiger partial charge in [0.1, 0.15) is 11.5 Å². The molecular weight excluding hydrogens is 340 g/mol. The SMILES string of the molecule is c1cc(Oc2cccc3c2ccn3C[C@H]2CO2)c2ccn(C[C@H]3CO3)c2c1. The van der Waals surface area contributed by atoms with Gasteiger partial charge in [-0.3, -0.25) is 0 Å². The fraction of sp³-hybridized carbons (Fsp3) is 0.273. The highest BCUT2D eigenvalue weighted by atomic mass is 16.6. The maximum Gasteiger partial charge on any atom is 0.136 e. The predicted molar refractivity (Wildman–Crippen MR) is 103 cm³/mol. The van der Waals surface area contributed by atoms with Gasteiger partial charge in [0.2, 0.25) is 0 Å². The molecule has 6 rings (SSSR count). The monoisotopic (exact) mass is 360 g/mol. The van der Waals surface area contributed by atoms with E-state index in [9.17, 15) is 0 Å². The van der Waals surface area contributed by atoms with Crippen LogP contribution in [0.5, 0.6) is 11.5 Å². The first-order valence-electron chi connectivity index (χ1n) is 9.42. The summed E-state index contributed by atoms with van der Waals surface area (Å²) in [5.74, 6) is 1.77. The first kappa shape index (κ1) is 15.3. The second kappa shape index (κ2) is 5.87. The number of fused-ring (bicyclic) bond motifs is 2. The van der Waals surface area contributed by atoms with E-state index >= 15 is 0 Å². The average molecular weight is 360 g/mol. The summed E-state index contributed by atoms with van der Waals surface area (Å²) in [7, 11) is 0. The van der Waals surface area contributed by atoms with E-state index in [1.165, 1.54) is 11.0 Å². The summed E-state index contributed by atoms with van der Waals surface area (Å²) in [6.07, 6.45) is 4.95. The van der Waals surface area contributed by atoms with E-state index in [1.807, 2.05) is 12.1 Å². The molecule has 2 fully saturated rings. The summed E-state index contributed by atoms with van der Waals surface area (Å²) < 4.78 is 21.6. The van der Waals surface area contributed by atoms with Crippen LogP contribution in [0.25, 0.3) is 21.8 Å². The second-order valence-electron chi connectivity index (χ2n) is 7.33. The van der Waals surface area contributed by atoms with Crippen LogP contribution in [0.3, 0.4) is 0 Å². The summed E-state index contributed by atoms with van der Waals surface area (Å²) >= 11 is 0. The van der Waals surface area contributed by atoms with Crippen molar-refractivity contribution in [1.29, 1.82) is 0 Å². The van der Waals surface area contributed by atoms with Crippen molar-refractivity contribution in [3.8, 4) is 11.5 Å². The van der Waals surface area contributed by atoms with Gasteiger partial charge >= 0.3 is 0 Å². The molecule has 2 aromatic carbocycles. The molecule has 0 spiro atoms. The summed E-state index contributed by atoms with van der Waals surface area (Å²) in [5, 5.41) is 2.25. The number of epoxide rings is 2. The fourth-order valence-electron chi connectivity index (χ4n) is 3.79. The van der Waals surface area contributed by atoms with Crippen LogP contribution in [0.15, 0.2) is 60.9 Å². The number of hydrogen-bond donors (Lipinski definition) is 0. The molecule has 0 radical (unpaired) electrons. The van der Waals surface area contributed by atoms with Crippen LogP contribution in [-0.2, 0) is 22.6 Å². The lowest BCUT2D eigenvalue weighted by Gasteiger charge is -2.10. The van der Waals surface area contributed by atoms with Gasteiger partial charge in [0.25, 0.3) is 0 Å². The number of nitrogens with zero attached hydrogens (tertiary/aromatic N) is 2. The minimum Gasteiger partial charge on any atom is -0.456 e. The Hall–Kier alpha value is -2.76. The molecule has 0 N–H and O–H groups in total. The van der Waals surface area contributed by atoms with E-state index in [4.69, 9.17) is 14.2 Å². The van der Waals surface area contributed by atoms with E-state index in [1.54, 1.807) is 0 Å². The van der Waals surface area contributed by atoms with Gasteiger partial charge in [-0.25, -0.2) is 0 Å². The quantitative estimate of drug-likeness (QED) is 0.485. The predicted octanol–water partition coefficient (Wildman–Crippen LogP) is 4.19. The lowest BCUT2D eigenvalue weighted by Crippen LogP contribution is -2.02. The molecule has 2 saturated heterocycles. The molecule has 2 atom stereocenters. The van der Waals surface area contributed by atoms with Crippen molar-refractivity contribution >= 4 is 21.8 Å². The van der Waals surface area contributed by atoms with Crippen LogP contribution >= 0.6 is 0 Å². The lowest BCUT2D eigenvalue weighted by atomic mass is 10.2. The Morgan fingerprint density at radius 1 is 0.741 bits per heavy atom. The van der Waals surface area contributed by atoms with Crippen LogP contribution in [0.4, 0.5) is 0 Å². The first-order chi connectivity index (χ1) is 13.3. The largest absolute Gasteiger partial charge is 0.456 e. The molecule has 0 amide bonds. The standard InChI is InChI=1S/C22H20N2O3/c1-3-19-17(7-9-23(19)11-15-13-25-15)21(5-1)27-22-6-2-4-20-18(22)8-10-24(20)12-16-14-26-16/h1-10,15-16H,11-14H2/t15-,16-/m0/s1. The third kappa shape index (κ3) is 2.80. The Bertz CT molecular complexity index is 1050. The molecule has 0 saturated carbocycles. The molecule has 2 aliphatic heterocycles. The van der Waals surface area contributed by atoms with Crippen molar-refractivity contribution in [1.82, 2.24) is 9.13 Å². The Kier molecular flexibility index (Phi) is 3.33. The fourth-order valence-corrected chi connectivity index (χ4v) is 3.79. The zero-order valence-corrected chi connectivity index (χ0v) is 14.9. The lowest BCUT2D eigenvalue weighted by molar-refractivity contribution is 0.385. The van der Waals surface area contributed by atoms with Crippen molar-refractivity contribution in [3.05, 3.63) is 60.9 Å². The van der Waals surface area contributed by atoms with Crippen LogP contribution in [0.2, 0.25) is 0 Å². The zero-order valence-electron chi connectivity index (χ0n) is 14.9. The molecule has 0 unspecified atom stereocenters. The Balaban J connectivity index is 1.37.